The zero-order valence-electron chi connectivity index (χ0n) is 24.4. The van der Waals surface area contributed by atoms with Gasteiger partial charge in [-0.1, -0.05) is 102 Å². The summed E-state index contributed by atoms with van der Waals surface area (Å²) in [6.07, 6.45) is 10.5. The van der Waals surface area contributed by atoms with Gasteiger partial charge >= 0.3 is 0 Å². The number of hydrogen-bond donors (Lipinski definition) is 0. The molecule has 0 N–H and O–H groups in total. The summed E-state index contributed by atoms with van der Waals surface area (Å²) < 4.78 is 61.9. The zero-order valence-corrected chi connectivity index (χ0v) is 24.4. The number of unbranched alkanes of at least 4 members (excludes halogenated alkanes) is 7. The lowest BCUT2D eigenvalue weighted by Gasteiger charge is -2.30. The fourth-order valence-electron chi connectivity index (χ4n) is 5.24. The highest BCUT2D eigenvalue weighted by atomic mass is 19.2. The molecule has 0 atom stereocenters. The second-order valence-electron chi connectivity index (χ2n) is 11.0. The van der Waals surface area contributed by atoms with Crippen molar-refractivity contribution in [3.63, 3.8) is 0 Å². The van der Waals surface area contributed by atoms with E-state index in [-0.39, 0.29) is 11.3 Å². The summed E-state index contributed by atoms with van der Waals surface area (Å²) in [5, 5.41) is 0. The third kappa shape index (κ3) is 8.59. The van der Waals surface area contributed by atoms with E-state index in [9.17, 15) is 8.78 Å². The first-order chi connectivity index (χ1) is 20.0. The van der Waals surface area contributed by atoms with Crippen LogP contribution in [-0.4, -0.2) is 19.8 Å². The number of hydrogen-bond acceptors (Lipinski definition) is 3. The van der Waals surface area contributed by atoms with E-state index in [4.69, 9.17) is 14.2 Å². The second kappa shape index (κ2) is 16.0. The summed E-state index contributed by atoms with van der Waals surface area (Å²) in [6.45, 7) is 5.83. The molecule has 0 radical (unpaired) electrons. The van der Waals surface area contributed by atoms with Crippen LogP contribution in [0.3, 0.4) is 0 Å². The molecule has 0 amide bonds. The van der Waals surface area contributed by atoms with Crippen LogP contribution in [0.4, 0.5) is 13.2 Å². The van der Waals surface area contributed by atoms with Gasteiger partial charge in [-0.3, -0.25) is 0 Å². The van der Waals surface area contributed by atoms with Gasteiger partial charge in [-0.15, -0.1) is 0 Å². The van der Waals surface area contributed by atoms with Gasteiger partial charge in [0.1, 0.15) is 5.82 Å². The van der Waals surface area contributed by atoms with Crippen molar-refractivity contribution in [3.05, 3.63) is 77.6 Å². The van der Waals surface area contributed by atoms with E-state index in [0.29, 0.717) is 42.4 Å². The van der Waals surface area contributed by atoms with Crippen molar-refractivity contribution in [3.8, 4) is 28.0 Å². The summed E-state index contributed by atoms with van der Waals surface area (Å²) in [4.78, 5) is 0. The minimum absolute atomic E-state index is 0.0706. The maximum Gasteiger partial charge on any atom is 0.201 e. The first-order valence-electron chi connectivity index (χ1n) is 15.3. The van der Waals surface area contributed by atoms with Crippen molar-refractivity contribution in [1.82, 2.24) is 0 Å². The number of rotatable bonds is 15. The minimum atomic E-state index is -0.981. The summed E-state index contributed by atoms with van der Waals surface area (Å²) in [6, 6.07) is 15.0. The van der Waals surface area contributed by atoms with Crippen LogP contribution in [0, 0.1) is 23.4 Å². The van der Waals surface area contributed by atoms with Gasteiger partial charge in [0.05, 0.1) is 19.8 Å². The Labute approximate surface area is 243 Å². The average Bonchev–Trinajstić information content (AvgIpc) is 2.99. The largest absolute Gasteiger partial charge is 0.490 e. The van der Waals surface area contributed by atoms with Crippen LogP contribution < -0.4 is 4.74 Å². The van der Waals surface area contributed by atoms with Gasteiger partial charge in [-0.2, -0.15) is 4.39 Å². The second-order valence-corrected chi connectivity index (χ2v) is 11.0. The molecule has 0 unspecified atom stereocenters. The molecule has 0 saturated carbocycles. The van der Waals surface area contributed by atoms with Gasteiger partial charge in [-0.25, -0.2) is 8.78 Å². The van der Waals surface area contributed by atoms with E-state index in [0.717, 1.165) is 37.7 Å². The van der Waals surface area contributed by atoms with Crippen LogP contribution in [0.25, 0.3) is 22.3 Å². The Kier molecular flexibility index (Phi) is 12.1. The predicted molar refractivity (Wildman–Crippen MR) is 158 cm³/mol. The lowest BCUT2D eigenvalue weighted by atomic mass is 9.98. The summed E-state index contributed by atoms with van der Waals surface area (Å²) in [5.41, 5.74) is 2.51. The van der Waals surface area contributed by atoms with Crippen LogP contribution in [0.5, 0.6) is 5.75 Å². The number of benzene rings is 3. The maximum atomic E-state index is 15.1. The Morgan fingerprint density at radius 1 is 0.683 bits per heavy atom. The van der Waals surface area contributed by atoms with Gasteiger partial charge in [-0.05, 0) is 47.7 Å². The van der Waals surface area contributed by atoms with Crippen molar-refractivity contribution >= 4 is 0 Å². The molecule has 0 bridgehead atoms. The van der Waals surface area contributed by atoms with Crippen molar-refractivity contribution in [1.29, 1.82) is 0 Å². The molecule has 1 aliphatic rings. The Hall–Kier alpha value is -2.83. The fourth-order valence-corrected chi connectivity index (χ4v) is 5.24. The van der Waals surface area contributed by atoms with Crippen molar-refractivity contribution < 1.29 is 27.4 Å². The Morgan fingerprint density at radius 3 is 2.00 bits per heavy atom. The Morgan fingerprint density at radius 2 is 1.32 bits per heavy atom. The third-order valence-electron chi connectivity index (χ3n) is 7.77. The molecule has 3 nitrogen and oxygen atoms in total. The van der Waals surface area contributed by atoms with Crippen LogP contribution in [0.2, 0.25) is 0 Å². The maximum absolute atomic E-state index is 15.1. The van der Waals surface area contributed by atoms with E-state index < -0.39 is 23.7 Å². The van der Waals surface area contributed by atoms with Crippen molar-refractivity contribution in [2.75, 3.05) is 19.8 Å². The topological polar surface area (TPSA) is 27.7 Å². The molecule has 0 aliphatic carbocycles. The molecule has 4 rings (SSSR count). The van der Waals surface area contributed by atoms with E-state index in [1.54, 1.807) is 30.3 Å². The van der Waals surface area contributed by atoms with Crippen LogP contribution in [0.15, 0.2) is 54.6 Å². The van der Waals surface area contributed by atoms with E-state index >= 15 is 4.39 Å². The quantitative estimate of drug-likeness (QED) is 0.171. The summed E-state index contributed by atoms with van der Waals surface area (Å²) in [7, 11) is 0. The molecule has 3 aromatic carbocycles. The standard InChI is InChI=1S/C35H43F3O3/c1-3-5-7-9-10-12-25-23-40-35(41-24-25)30-18-17-28(22-31(30)36)26-13-15-27(16-14-26)29-19-20-32(34(38)33(29)37)39-21-11-8-6-4-2/h13-20,22,25,35H,3-12,21,23-24H2,1-2H3. The van der Waals surface area contributed by atoms with E-state index in [2.05, 4.69) is 13.8 Å². The van der Waals surface area contributed by atoms with Crippen LogP contribution in [-0.2, 0) is 9.47 Å². The van der Waals surface area contributed by atoms with E-state index in [1.165, 1.54) is 50.3 Å². The normalized spacial score (nSPS) is 17.1. The predicted octanol–water partition coefficient (Wildman–Crippen LogP) is 10.4. The molecule has 222 valence electrons. The van der Waals surface area contributed by atoms with Crippen molar-refractivity contribution in [2.45, 2.75) is 84.3 Å². The highest BCUT2D eigenvalue weighted by Gasteiger charge is 2.26. The first kappa shape index (κ1) is 31.1. The smallest absolute Gasteiger partial charge is 0.201 e. The average molecular weight is 569 g/mol. The molecule has 3 aromatic rings. The SMILES string of the molecule is CCCCCCCC1COC(c2ccc(-c3ccc(-c4ccc(OCCCCCC)c(F)c4F)cc3)cc2F)OC1. The van der Waals surface area contributed by atoms with Crippen LogP contribution in [0.1, 0.15) is 89.9 Å². The van der Waals surface area contributed by atoms with Gasteiger partial charge in [0, 0.05) is 17.0 Å². The van der Waals surface area contributed by atoms with Crippen molar-refractivity contribution in [2.24, 2.45) is 5.92 Å². The van der Waals surface area contributed by atoms with Gasteiger partial charge in [0.25, 0.3) is 0 Å². The van der Waals surface area contributed by atoms with Crippen LogP contribution >= 0.6 is 0 Å². The zero-order chi connectivity index (χ0) is 29.0. The van der Waals surface area contributed by atoms with Gasteiger partial charge in [0.15, 0.2) is 17.9 Å². The number of ether oxygens (including phenoxy) is 3. The summed E-state index contributed by atoms with van der Waals surface area (Å²) >= 11 is 0. The van der Waals surface area contributed by atoms with Gasteiger partial charge < -0.3 is 14.2 Å². The molecule has 1 aliphatic heterocycles. The molecule has 0 aromatic heterocycles. The Balaban J connectivity index is 1.34. The van der Waals surface area contributed by atoms with Gasteiger partial charge in [0.2, 0.25) is 5.82 Å². The third-order valence-corrected chi connectivity index (χ3v) is 7.77. The molecular formula is C35H43F3O3. The lowest BCUT2D eigenvalue weighted by molar-refractivity contribution is -0.207. The molecule has 1 fully saturated rings. The fraction of sp³-hybridized carbons (Fsp3) is 0.486. The highest BCUT2D eigenvalue weighted by molar-refractivity contribution is 5.71. The molecule has 0 spiro atoms. The molecule has 41 heavy (non-hydrogen) atoms. The molecular weight excluding hydrogens is 525 g/mol. The lowest BCUT2D eigenvalue weighted by Crippen LogP contribution is -2.27. The first-order valence-corrected chi connectivity index (χ1v) is 15.3. The minimum Gasteiger partial charge on any atom is -0.490 e. The Bertz CT molecular complexity index is 1220. The number of halogens is 3. The highest BCUT2D eigenvalue weighted by Crippen LogP contribution is 2.34. The van der Waals surface area contributed by atoms with E-state index in [1.807, 2.05) is 6.07 Å². The molecule has 6 heteroatoms. The molecule has 1 saturated heterocycles. The molecule has 1 heterocycles. The monoisotopic (exact) mass is 568 g/mol. The summed E-state index contributed by atoms with van der Waals surface area (Å²) in [5.74, 6) is -2.03.